The molecule has 90 valence electrons. The topological polar surface area (TPSA) is 64.4 Å². The summed E-state index contributed by atoms with van der Waals surface area (Å²) in [6.07, 6.45) is 6.34. The van der Waals surface area contributed by atoms with Crippen molar-refractivity contribution in [3.8, 4) is 5.75 Å². The number of hydrogen-bond donors (Lipinski definition) is 1. The molecule has 0 atom stereocenters. The Morgan fingerprint density at radius 1 is 1.29 bits per heavy atom. The van der Waals surface area contributed by atoms with Crippen molar-refractivity contribution in [2.45, 2.75) is 25.7 Å². The lowest BCUT2D eigenvalue weighted by Gasteiger charge is -2.14. The van der Waals surface area contributed by atoms with Crippen LogP contribution in [0.3, 0.4) is 0 Å². The van der Waals surface area contributed by atoms with Crippen molar-refractivity contribution in [2.24, 2.45) is 0 Å². The van der Waals surface area contributed by atoms with Crippen molar-refractivity contribution in [3.63, 3.8) is 0 Å². The van der Waals surface area contributed by atoms with Crippen LogP contribution in [0.25, 0.3) is 0 Å². The second-order valence-electron chi connectivity index (χ2n) is 3.90. The summed E-state index contributed by atoms with van der Waals surface area (Å²) in [4.78, 5) is 15.6. The van der Waals surface area contributed by atoms with Crippen LogP contribution in [0.2, 0.25) is 0 Å². The molecule has 0 spiro atoms. The molecule has 0 amide bonds. The fourth-order valence-corrected chi connectivity index (χ4v) is 1.75. The lowest BCUT2D eigenvalue weighted by Crippen LogP contribution is -2.19. The molecule has 17 heavy (non-hydrogen) atoms. The van der Waals surface area contributed by atoms with Gasteiger partial charge in [0.2, 0.25) is 5.75 Å². The van der Waals surface area contributed by atoms with Crippen LogP contribution in [0.5, 0.6) is 5.75 Å². The average molecular weight is 234 g/mol. The highest BCUT2D eigenvalue weighted by Gasteiger charge is 2.14. The zero-order chi connectivity index (χ0) is 12.1. The maximum absolute atomic E-state index is 10.8. The van der Waals surface area contributed by atoms with E-state index < -0.39 is 4.92 Å². The summed E-state index contributed by atoms with van der Waals surface area (Å²) in [5, 5.41) is 10.8. The van der Waals surface area contributed by atoms with E-state index in [9.17, 15) is 10.1 Å². The van der Waals surface area contributed by atoms with Gasteiger partial charge in [-0.05, 0) is 31.7 Å². The Bertz CT molecular complexity index is 443. The Morgan fingerprint density at radius 2 is 2.12 bits per heavy atom. The van der Waals surface area contributed by atoms with Gasteiger partial charge >= 0.3 is 5.69 Å². The van der Waals surface area contributed by atoms with E-state index in [2.05, 4.69) is 11.6 Å². The predicted octanol–water partition coefficient (Wildman–Crippen LogP) is 2.94. The molecule has 2 rings (SSSR count). The molecule has 0 aromatic heterocycles. The quantitative estimate of drug-likeness (QED) is 0.642. The standard InChI is InChI=1S/C12H14N2O3/c15-14(16)11-8-4-5-9-12(11)17-13-10-6-2-1-3-7-10/h4-6,8-9,13H,1-3,7H2. The van der Waals surface area contributed by atoms with Gasteiger partial charge in [-0.3, -0.25) is 10.1 Å². The van der Waals surface area contributed by atoms with Crippen molar-refractivity contribution in [2.75, 3.05) is 0 Å². The number of rotatable bonds is 4. The summed E-state index contributed by atoms with van der Waals surface area (Å²) >= 11 is 0. The minimum absolute atomic E-state index is 0.0311. The number of allylic oxidation sites excluding steroid dienone is 2. The fraction of sp³-hybridized carbons (Fsp3) is 0.333. The van der Waals surface area contributed by atoms with E-state index in [-0.39, 0.29) is 11.4 Å². The summed E-state index contributed by atoms with van der Waals surface area (Å²) in [6.45, 7) is 0. The molecule has 0 saturated carbocycles. The second kappa shape index (κ2) is 5.34. The second-order valence-corrected chi connectivity index (χ2v) is 3.90. The van der Waals surface area contributed by atoms with Crippen LogP contribution in [0, 0.1) is 10.1 Å². The van der Waals surface area contributed by atoms with Crippen molar-refractivity contribution >= 4 is 5.69 Å². The van der Waals surface area contributed by atoms with Crippen LogP contribution in [0.4, 0.5) is 5.69 Å². The number of para-hydroxylation sites is 2. The van der Waals surface area contributed by atoms with Crippen LogP contribution in [-0.4, -0.2) is 4.92 Å². The highest BCUT2D eigenvalue weighted by atomic mass is 16.7. The van der Waals surface area contributed by atoms with E-state index in [0.717, 1.165) is 25.0 Å². The van der Waals surface area contributed by atoms with Crippen molar-refractivity contribution in [3.05, 3.63) is 46.2 Å². The highest BCUT2D eigenvalue weighted by molar-refractivity contribution is 5.45. The van der Waals surface area contributed by atoms with Gasteiger partial charge in [0.05, 0.1) is 4.92 Å². The van der Waals surface area contributed by atoms with E-state index in [1.807, 2.05) is 0 Å². The molecule has 0 saturated heterocycles. The van der Waals surface area contributed by atoms with Gasteiger partial charge in [-0.1, -0.05) is 18.2 Å². The largest absolute Gasteiger partial charge is 0.375 e. The summed E-state index contributed by atoms with van der Waals surface area (Å²) in [5.74, 6) is 0.240. The molecule has 1 aromatic rings. The monoisotopic (exact) mass is 234 g/mol. The molecule has 1 aromatic carbocycles. The average Bonchev–Trinajstić information content (AvgIpc) is 2.38. The van der Waals surface area contributed by atoms with Crippen molar-refractivity contribution in [1.29, 1.82) is 0 Å². The first kappa shape index (κ1) is 11.4. The van der Waals surface area contributed by atoms with E-state index in [1.54, 1.807) is 18.2 Å². The first-order chi connectivity index (χ1) is 8.27. The minimum Gasteiger partial charge on any atom is -0.375 e. The molecule has 5 nitrogen and oxygen atoms in total. The number of nitro benzene ring substituents is 1. The predicted molar refractivity (Wildman–Crippen MR) is 63.4 cm³/mol. The van der Waals surface area contributed by atoms with E-state index in [0.29, 0.717) is 0 Å². The van der Waals surface area contributed by atoms with Gasteiger partial charge in [-0.2, -0.15) is 0 Å². The maximum atomic E-state index is 10.8. The Kier molecular flexibility index (Phi) is 3.59. The normalized spacial score (nSPS) is 14.9. The Morgan fingerprint density at radius 3 is 2.82 bits per heavy atom. The smallest absolute Gasteiger partial charge is 0.314 e. The summed E-state index contributed by atoms with van der Waals surface area (Å²) in [6, 6.07) is 6.32. The Balaban J connectivity index is 2.03. The van der Waals surface area contributed by atoms with Crippen molar-refractivity contribution in [1.82, 2.24) is 5.48 Å². The van der Waals surface area contributed by atoms with Crippen LogP contribution in [-0.2, 0) is 0 Å². The number of nitrogens with zero attached hydrogens (tertiary/aromatic N) is 1. The molecular formula is C12H14N2O3. The highest BCUT2D eigenvalue weighted by Crippen LogP contribution is 2.25. The third-order valence-electron chi connectivity index (χ3n) is 2.65. The fourth-order valence-electron chi connectivity index (χ4n) is 1.75. The lowest BCUT2D eigenvalue weighted by molar-refractivity contribution is -0.386. The molecule has 1 aliphatic carbocycles. The first-order valence-electron chi connectivity index (χ1n) is 5.62. The number of nitro groups is 1. The van der Waals surface area contributed by atoms with Gasteiger partial charge < -0.3 is 4.84 Å². The van der Waals surface area contributed by atoms with Gasteiger partial charge in [-0.25, -0.2) is 5.48 Å². The molecule has 0 unspecified atom stereocenters. The number of hydroxylamine groups is 1. The maximum Gasteiger partial charge on any atom is 0.314 e. The molecule has 0 bridgehead atoms. The SMILES string of the molecule is O=[N+]([O-])c1ccccc1ONC1=CCCCC1. The third kappa shape index (κ3) is 2.96. The van der Waals surface area contributed by atoms with E-state index >= 15 is 0 Å². The molecule has 5 heteroatoms. The molecule has 1 aliphatic rings. The zero-order valence-corrected chi connectivity index (χ0v) is 9.39. The van der Waals surface area contributed by atoms with E-state index in [4.69, 9.17) is 4.84 Å². The molecule has 0 heterocycles. The van der Waals surface area contributed by atoms with Gasteiger partial charge in [0.25, 0.3) is 0 Å². The first-order valence-corrected chi connectivity index (χ1v) is 5.62. The van der Waals surface area contributed by atoms with Crippen LogP contribution in [0.15, 0.2) is 36.0 Å². The van der Waals surface area contributed by atoms with Gasteiger partial charge in [0.1, 0.15) is 0 Å². The van der Waals surface area contributed by atoms with Crippen LogP contribution in [0.1, 0.15) is 25.7 Å². The Labute approximate surface area is 99.2 Å². The van der Waals surface area contributed by atoms with E-state index in [1.165, 1.54) is 12.5 Å². The Hall–Kier alpha value is -2.04. The lowest BCUT2D eigenvalue weighted by atomic mass is 10.1. The summed E-state index contributed by atoms with van der Waals surface area (Å²) in [5.41, 5.74) is 3.75. The molecule has 0 aliphatic heterocycles. The third-order valence-corrected chi connectivity index (χ3v) is 2.65. The van der Waals surface area contributed by atoms with Crippen molar-refractivity contribution < 1.29 is 9.76 Å². The number of benzene rings is 1. The summed E-state index contributed by atoms with van der Waals surface area (Å²) < 4.78 is 0. The van der Waals surface area contributed by atoms with Crippen LogP contribution >= 0.6 is 0 Å². The summed E-state index contributed by atoms with van der Waals surface area (Å²) in [7, 11) is 0. The molecule has 1 N–H and O–H groups in total. The zero-order valence-electron chi connectivity index (χ0n) is 9.39. The van der Waals surface area contributed by atoms with Gasteiger partial charge in [-0.15, -0.1) is 0 Å². The molecule has 0 fully saturated rings. The number of hydrogen-bond acceptors (Lipinski definition) is 4. The van der Waals surface area contributed by atoms with Gasteiger partial charge in [0.15, 0.2) is 0 Å². The number of nitrogens with one attached hydrogen (secondary N) is 1. The van der Waals surface area contributed by atoms with Gasteiger partial charge in [0, 0.05) is 11.8 Å². The van der Waals surface area contributed by atoms with Crippen LogP contribution < -0.4 is 10.3 Å². The minimum atomic E-state index is -0.452. The molecular weight excluding hydrogens is 220 g/mol. The molecule has 0 radical (unpaired) electrons.